The number of hydrogen-bond donors (Lipinski definition) is 3. The molecule has 0 saturated heterocycles. The summed E-state index contributed by atoms with van der Waals surface area (Å²) in [5, 5.41) is 16.8. The van der Waals surface area contributed by atoms with Gasteiger partial charge in [-0.3, -0.25) is 0 Å². The molecule has 0 bridgehead atoms. The number of benzene rings is 3. The first-order valence-electron chi connectivity index (χ1n) is 9.58. The fraction of sp³-hybridized carbons (Fsp3) is 0.130. The SMILES string of the molecule is NC(=O)NN=Cc1ccccc1OCC(O)Cn1c2ccccc2c2ccccc21. The largest absolute Gasteiger partial charge is 0.490 e. The van der Waals surface area contributed by atoms with E-state index in [9.17, 15) is 9.90 Å². The lowest BCUT2D eigenvalue weighted by molar-refractivity contribution is 0.0944. The first-order valence-corrected chi connectivity index (χ1v) is 9.58. The molecule has 0 saturated carbocycles. The number of fused-ring (bicyclic) bond motifs is 3. The maximum absolute atomic E-state index is 10.8. The van der Waals surface area contributed by atoms with Gasteiger partial charge in [-0.05, 0) is 24.3 Å². The van der Waals surface area contributed by atoms with E-state index in [4.69, 9.17) is 10.5 Å². The molecule has 152 valence electrons. The molecule has 1 unspecified atom stereocenters. The second-order valence-electron chi connectivity index (χ2n) is 6.88. The van der Waals surface area contributed by atoms with Crippen molar-refractivity contribution >= 4 is 34.1 Å². The number of aliphatic hydroxyl groups is 1. The van der Waals surface area contributed by atoms with Crippen molar-refractivity contribution in [2.75, 3.05) is 6.61 Å². The molecule has 7 nitrogen and oxygen atoms in total. The number of aliphatic hydroxyl groups excluding tert-OH is 1. The molecule has 0 spiro atoms. The van der Waals surface area contributed by atoms with Crippen molar-refractivity contribution in [3.05, 3.63) is 78.4 Å². The Balaban J connectivity index is 1.51. The standard InChI is InChI=1S/C23H22N4O3/c24-23(29)26-25-13-16-7-1-6-12-22(16)30-15-17(28)14-27-20-10-4-2-8-18(20)19-9-3-5-11-21(19)27/h1-13,17,28H,14-15H2,(H3,24,26,29). The van der Waals surface area contributed by atoms with Crippen LogP contribution in [0.15, 0.2) is 77.9 Å². The summed E-state index contributed by atoms with van der Waals surface area (Å²) >= 11 is 0. The number of nitrogens with zero attached hydrogens (tertiary/aromatic N) is 2. The number of nitrogens with two attached hydrogens (primary N) is 1. The monoisotopic (exact) mass is 402 g/mol. The lowest BCUT2D eigenvalue weighted by Gasteiger charge is -2.16. The third-order valence-corrected chi connectivity index (χ3v) is 4.80. The maximum Gasteiger partial charge on any atom is 0.332 e. The molecule has 7 heteroatoms. The van der Waals surface area contributed by atoms with Crippen LogP contribution in [0, 0.1) is 0 Å². The zero-order valence-electron chi connectivity index (χ0n) is 16.2. The summed E-state index contributed by atoms with van der Waals surface area (Å²) < 4.78 is 7.94. The van der Waals surface area contributed by atoms with Gasteiger partial charge in [0.05, 0.1) is 12.8 Å². The molecule has 1 atom stereocenters. The van der Waals surface area contributed by atoms with Crippen molar-refractivity contribution in [3.63, 3.8) is 0 Å². The molecule has 4 rings (SSSR count). The van der Waals surface area contributed by atoms with Crippen LogP contribution < -0.4 is 15.9 Å². The predicted molar refractivity (Wildman–Crippen MR) is 118 cm³/mol. The van der Waals surface area contributed by atoms with E-state index in [0.717, 1.165) is 21.8 Å². The van der Waals surface area contributed by atoms with Gasteiger partial charge in [0.1, 0.15) is 18.5 Å². The Kier molecular flexibility index (Phi) is 5.63. The van der Waals surface area contributed by atoms with Gasteiger partial charge in [0.15, 0.2) is 0 Å². The summed E-state index contributed by atoms with van der Waals surface area (Å²) in [6, 6.07) is 22.8. The predicted octanol–water partition coefficient (Wildman–Crippen LogP) is 3.24. The molecule has 1 aromatic heterocycles. The number of hydrazone groups is 1. The van der Waals surface area contributed by atoms with Gasteiger partial charge in [-0.2, -0.15) is 5.10 Å². The van der Waals surface area contributed by atoms with Gasteiger partial charge < -0.3 is 20.1 Å². The zero-order valence-corrected chi connectivity index (χ0v) is 16.2. The van der Waals surface area contributed by atoms with E-state index in [1.165, 1.54) is 6.21 Å². The average Bonchev–Trinajstić information content (AvgIpc) is 3.07. The maximum atomic E-state index is 10.8. The number of urea groups is 1. The van der Waals surface area contributed by atoms with Gasteiger partial charge >= 0.3 is 6.03 Å². The van der Waals surface area contributed by atoms with E-state index < -0.39 is 12.1 Å². The number of hydrogen-bond acceptors (Lipinski definition) is 4. The van der Waals surface area contributed by atoms with Crippen LogP contribution in [0.1, 0.15) is 5.56 Å². The minimum atomic E-state index is -0.744. The van der Waals surface area contributed by atoms with Crippen molar-refractivity contribution in [1.82, 2.24) is 9.99 Å². The Labute approximate surface area is 173 Å². The molecule has 4 aromatic rings. The van der Waals surface area contributed by atoms with Crippen molar-refractivity contribution in [2.45, 2.75) is 12.6 Å². The highest BCUT2D eigenvalue weighted by Gasteiger charge is 2.14. The minimum Gasteiger partial charge on any atom is -0.490 e. The minimum absolute atomic E-state index is 0.106. The Hall–Kier alpha value is -3.84. The number of aromatic nitrogens is 1. The van der Waals surface area contributed by atoms with Gasteiger partial charge in [-0.15, -0.1) is 0 Å². The topological polar surface area (TPSA) is 102 Å². The molecule has 0 aliphatic heterocycles. The van der Waals surface area contributed by atoms with Crippen LogP contribution in [-0.4, -0.2) is 34.6 Å². The Morgan fingerprint density at radius 1 is 1.03 bits per heavy atom. The summed E-state index contributed by atoms with van der Waals surface area (Å²) in [4.78, 5) is 10.8. The van der Waals surface area contributed by atoms with E-state index in [0.29, 0.717) is 17.9 Å². The van der Waals surface area contributed by atoms with E-state index >= 15 is 0 Å². The Bertz CT molecular complexity index is 1160. The van der Waals surface area contributed by atoms with Gasteiger partial charge in [0.25, 0.3) is 0 Å². The number of carbonyl (C=O) groups excluding carboxylic acids is 1. The lowest BCUT2D eigenvalue weighted by atomic mass is 10.2. The van der Waals surface area contributed by atoms with E-state index in [1.54, 1.807) is 12.1 Å². The molecule has 4 N–H and O–H groups in total. The molecular formula is C23H22N4O3. The summed E-state index contributed by atoms with van der Waals surface area (Å²) in [6.07, 6.45) is 0.720. The van der Waals surface area contributed by atoms with E-state index in [-0.39, 0.29) is 6.61 Å². The summed E-state index contributed by atoms with van der Waals surface area (Å²) in [7, 11) is 0. The van der Waals surface area contributed by atoms with E-state index in [2.05, 4.69) is 39.4 Å². The first-order chi connectivity index (χ1) is 14.6. The first kappa shape index (κ1) is 19.5. The van der Waals surface area contributed by atoms with Crippen molar-refractivity contribution in [1.29, 1.82) is 0 Å². The zero-order chi connectivity index (χ0) is 20.9. The highest BCUT2D eigenvalue weighted by Crippen LogP contribution is 2.29. The fourth-order valence-electron chi connectivity index (χ4n) is 3.53. The van der Waals surface area contributed by atoms with Crippen molar-refractivity contribution in [2.24, 2.45) is 10.8 Å². The quantitative estimate of drug-likeness (QED) is 0.327. The molecule has 1 heterocycles. The summed E-state index contributed by atoms with van der Waals surface area (Å²) in [5.74, 6) is 0.550. The van der Waals surface area contributed by atoms with Crippen LogP contribution in [-0.2, 0) is 6.54 Å². The van der Waals surface area contributed by atoms with Gasteiger partial charge in [0, 0.05) is 27.4 Å². The second-order valence-corrected chi connectivity index (χ2v) is 6.88. The molecule has 30 heavy (non-hydrogen) atoms. The van der Waals surface area contributed by atoms with Crippen LogP contribution in [0.5, 0.6) is 5.75 Å². The lowest BCUT2D eigenvalue weighted by Crippen LogP contribution is -2.24. The highest BCUT2D eigenvalue weighted by atomic mass is 16.5. The number of nitrogens with one attached hydrogen (secondary N) is 1. The van der Waals surface area contributed by atoms with Crippen LogP contribution in [0.4, 0.5) is 4.79 Å². The Morgan fingerprint density at radius 2 is 1.63 bits per heavy atom. The molecule has 0 fully saturated rings. The smallest absolute Gasteiger partial charge is 0.332 e. The van der Waals surface area contributed by atoms with Gasteiger partial charge in [-0.25, -0.2) is 10.2 Å². The molecule has 0 aliphatic rings. The third-order valence-electron chi connectivity index (χ3n) is 4.80. The highest BCUT2D eigenvalue weighted by molar-refractivity contribution is 6.07. The number of rotatable bonds is 7. The van der Waals surface area contributed by atoms with Crippen molar-refractivity contribution in [3.8, 4) is 5.75 Å². The molecule has 2 amide bonds. The summed E-state index contributed by atoms with van der Waals surface area (Å²) in [6.45, 7) is 0.502. The number of amides is 2. The fourth-order valence-corrected chi connectivity index (χ4v) is 3.53. The van der Waals surface area contributed by atoms with Gasteiger partial charge in [-0.1, -0.05) is 48.5 Å². The molecule has 0 aliphatic carbocycles. The normalized spacial score (nSPS) is 12.4. The Morgan fingerprint density at radius 3 is 2.30 bits per heavy atom. The second kappa shape index (κ2) is 8.67. The number of primary amides is 1. The van der Waals surface area contributed by atoms with Crippen molar-refractivity contribution < 1.29 is 14.6 Å². The molecular weight excluding hydrogens is 380 g/mol. The number of carbonyl (C=O) groups is 1. The summed E-state index contributed by atoms with van der Waals surface area (Å²) in [5.41, 5.74) is 9.96. The number of ether oxygens (including phenoxy) is 1. The van der Waals surface area contributed by atoms with Crippen LogP contribution in [0.25, 0.3) is 21.8 Å². The van der Waals surface area contributed by atoms with Crippen LogP contribution >= 0.6 is 0 Å². The molecule has 3 aromatic carbocycles. The number of para-hydroxylation sites is 3. The van der Waals surface area contributed by atoms with Crippen LogP contribution in [0.3, 0.4) is 0 Å². The van der Waals surface area contributed by atoms with Gasteiger partial charge in [0.2, 0.25) is 0 Å². The van der Waals surface area contributed by atoms with E-state index in [1.807, 2.05) is 36.4 Å². The van der Waals surface area contributed by atoms with Crippen LogP contribution in [0.2, 0.25) is 0 Å². The third kappa shape index (κ3) is 4.11. The molecule has 0 radical (unpaired) electrons. The average molecular weight is 402 g/mol.